The molecule has 0 radical (unpaired) electrons. The number of allylic oxidation sites excluding steroid dienone is 2. The normalized spacial score (nSPS) is 17.2. The second kappa shape index (κ2) is 5.77. The molecule has 0 atom stereocenters. The molecule has 0 spiro atoms. The number of thioether (sulfide) groups is 1. The second-order valence-corrected chi connectivity index (χ2v) is 5.27. The zero-order valence-electron chi connectivity index (χ0n) is 9.53. The summed E-state index contributed by atoms with van der Waals surface area (Å²) in [4.78, 5) is 22.2. The third-order valence-corrected chi connectivity index (χ3v) is 3.48. The van der Waals surface area contributed by atoms with Gasteiger partial charge < -0.3 is 5.32 Å². The van der Waals surface area contributed by atoms with Crippen molar-refractivity contribution in [2.75, 3.05) is 0 Å². The first-order valence-electron chi connectivity index (χ1n) is 5.23. The summed E-state index contributed by atoms with van der Waals surface area (Å²) in [5.41, 5.74) is 0.506. The Balaban J connectivity index is 2.20. The molecule has 0 unspecified atom stereocenters. The van der Waals surface area contributed by atoms with Crippen LogP contribution in [-0.4, -0.2) is 15.2 Å². The van der Waals surface area contributed by atoms with E-state index in [1.54, 1.807) is 36.4 Å². The van der Waals surface area contributed by atoms with E-state index in [4.69, 9.17) is 12.2 Å². The smallest absolute Gasteiger partial charge is 0.276 e. The van der Waals surface area contributed by atoms with Crippen molar-refractivity contribution < 1.29 is 9.72 Å². The minimum absolute atomic E-state index is 0.0243. The lowest BCUT2D eigenvalue weighted by atomic mass is 10.1. The van der Waals surface area contributed by atoms with Crippen molar-refractivity contribution in [3.8, 4) is 0 Å². The highest BCUT2D eigenvalue weighted by Gasteiger charge is 2.21. The summed E-state index contributed by atoms with van der Waals surface area (Å²) in [6, 6.07) is 6.39. The fourth-order valence-corrected chi connectivity index (χ4v) is 2.47. The van der Waals surface area contributed by atoms with E-state index in [-0.39, 0.29) is 11.6 Å². The van der Waals surface area contributed by atoms with E-state index in [1.807, 2.05) is 0 Å². The molecule has 96 valence electrons. The first kappa shape index (κ1) is 13.4. The fraction of sp³-hybridized carbons (Fsp3) is 0. The minimum Gasteiger partial charge on any atom is -0.307 e. The van der Waals surface area contributed by atoms with Crippen molar-refractivity contribution >= 4 is 46.0 Å². The van der Waals surface area contributed by atoms with Crippen LogP contribution in [0.5, 0.6) is 0 Å². The van der Waals surface area contributed by atoms with E-state index in [0.717, 1.165) is 0 Å². The van der Waals surface area contributed by atoms with Gasteiger partial charge in [-0.1, -0.05) is 42.2 Å². The molecule has 1 N–H and O–H groups in total. The summed E-state index contributed by atoms with van der Waals surface area (Å²) in [5.74, 6) is -0.248. The lowest BCUT2D eigenvalue weighted by Crippen LogP contribution is -2.17. The number of hydrogen-bond acceptors (Lipinski definition) is 5. The van der Waals surface area contributed by atoms with E-state index >= 15 is 0 Å². The van der Waals surface area contributed by atoms with Crippen molar-refractivity contribution in [1.82, 2.24) is 5.32 Å². The average molecular weight is 292 g/mol. The van der Waals surface area contributed by atoms with E-state index < -0.39 is 4.92 Å². The van der Waals surface area contributed by atoms with Gasteiger partial charge in [0.25, 0.3) is 11.6 Å². The number of amides is 1. The van der Waals surface area contributed by atoms with E-state index in [0.29, 0.717) is 14.8 Å². The predicted molar refractivity (Wildman–Crippen MR) is 78.5 cm³/mol. The maximum atomic E-state index is 11.4. The zero-order chi connectivity index (χ0) is 13.8. The number of rotatable bonds is 3. The van der Waals surface area contributed by atoms with Crippen LogP contribution in [0.1, 0.15) is 5.56 Å². The number of nitrogens with zero attached hydrogens (tertiary/aromatic N) is 1. The molecular formula is C12H8N2O3S2. The highest BCUT2D eigenvalue weighted by Crippen LogP contribution is 2.24. The van der Waals surface area contributed by atoms with Crippen LogP contribution >= 0.6 is 24.0 Å². The van der Waals surface area contributed by atoms with Crippen molar-refractivity contribution in [3.63, 3.8) is 0 Å². The van der Waals surface area contributed by atoms with Crippen molar-refractivity contribution in [1.29, 1.82) is 0 Å². The number of benzene rings is 1. The number of nitrogens with one attached hydrogen (secondary N) is 1. The Labute approximate surface area is 118 Å². The molecule has 1 aromatic carbocycles. The van der Waals surface area contributed by atoms with Crippen LogP contribution in [0.4, 0.5) is 5.69 Å². The molecule has 19 heavy (non-hydrogen) atoms. The molecular weight excluding hydrogens is 284 g/mol. The summed E-state index contributed by atoms with van der Waals surface area (Å²) in [5, 5.41) is 13.3. The number of thiocarbonyl (C=S) groups is 1. The number of nitro benzene ring substituents is 1. The summed E-state index contributed by atoms with van der Waals surface area (Å²) >= 11 is 6.01. The molecule has 1 aliphatic rings. The van der Waals surface area contributed by atoms with Crippen LogP contribution in [0.25, 0.3) is 6.08 Å². The highest BCUT2D eigenvalue weighted by molar-refractivity contribution is 8.26. The van der Waals surface area contributed by atoms with Crippen LogP contribution in [-0.2, 0) is 4.79 Å². The zero-order valence-corrected chi connectivity index (χ0v) is 11.2. The summed E-state index contributed by atoms with van der Waals surface area (Å²) in [7, 11) is 0. The maximum absolute atomic E-state index is 11.4. The number of hydrogen-bond donors (Lipinski definition) is 1. The Hall–Kier alpha value is -1.99. The molecule has 0 aliphatic carbocycles. The van der Waals surface area contributed by atoms with Gasteiger partial charge in [-0.15, -0.1) is 0 Å². The van der Waals surface area contributed by atoms with Crippen LogP contribution in [0.15, 0.2) is 41.3 Å². The fourth-order valence-electron chi connectivity index (χ4n) is 1.47. The Morgan fingerprint density at radius 2 is 2.11 bits per heavy atom. The molecule has 0 bridgehead atoms. The van der Waals surface area contributed by atoms with E-state index in [2.05, 4.69) is 5.32 Å². The van der Waals surface area contributed by atoms with Gasteiger partial charge in [0.2, 0.25) is 0 Å². The monoisotopic (exact) mass is 292 g/mol. The molecule has 0 aromatic heterocycles. The largest absolute Gasteiger partial charge is 0.307 e. The number of para-hydroxylation sites is 1. The molecule has 1 heterocycles. The molecule has 1 amide bonds. The Morgan fingerprint density at radius 3 is 2.74 bits per heavy atom. The van der Waals surface area contributed by atoms with Crippen LogP contribution < -0.4 is 5.32 Å². The Kier molecular flexibility index (Phi) is 4.08. The van der Waals surface area contributed by atoms with Gasteiger partial charge in [0.05, 0.1) is 15.4 Å². The van der Waals surface area contributed by atoms with E-state index in [9.17, 15) is 14.9 Å². The second-order valence-electron chi connectivity index (χ2n) is 3.55. The summed E-state index contributed by atoms with van der Waals surface area (Å²) in [6.45, 7) is 0. The quantitative estimate of drug-likeness (QED) is 0.401. The third-order valence-electron chi connectivity index (χ3n) is 2.30. The Morgan fingerprint density at radius 1 is 1.37 bits per heavy atom. The van der Waals surface area contributed by atoms with Gasteiger partial charge in [-0.05, 0) is 18.2 Å². The molecule has 1 aliphatic heterocycles. The number of nitro groups is 1. The van der Waals surface area contributed by atoms with Gasteiger partial charge in [-0.3, -0.25) is 14.9 Å². The number of carbonyl (C=O) groups excluding carboxylic acids is 1. The number of carbonyl (C=O) groups is 1. The molecule has 1 aromatic rings. The van der Waals surface area contributed by atoms with Gasteiger partial charge >= 0.3 is 0 Å². The van der Waals surface area contributed by atoms with E-state index in [1.165, 1.54) is 17.8 Å². The van der Waals surface area contributed by atoms with Gasteiger partial charge in [-0.2, -0.15) is 0 Å². The lowest BCUT2D eigenvalue weighted by molar-refractivity contribution is -0.385. The highest BCUT2D eigenvalue weighted by atomic mass is 32.2. The van der Waals surface area contributed by atoms with Crippen molar-refractivity contribution in [2.45, 2.75) is 0 Å². The summed E-state index contributed by atoms with van der Waals surface area (Å²) < 4.78 is 0.412. The average Bonchev–Trinajstić information content (AvgIpc) is 2.68. The molecule has 2 rings (SSSR count). The lowest BCUT2D eigenvalue weighted by Gasteiger charge is -1.95. The summed E-state index contributed by atoms with van der Waals surface area (Å²) in [6.07, 6.45) is 4.76. The Bertz CT molecular complexity index is 623. The van der Waals surface area contributed by atoms with Gasteiger partial charge in [0.1, 0.15) is 4.32 Å². The van der Waals surface area contributed by atoms with Gasteiger partial charge in [0, 0.05) is 6.07 Å². The van der Waals surface area contributed by atoms with Crippen LogP contribution in [0.2, 0.25) is 0 Å². The predicted octanol–water partition coefficient (Wildman–Crippen LogP) is 2.64. The van der Waals surface area contributed by atoms with Crippen LogP contribution in [0, 0.1) is 10.1 Å². The molecule has 1 fully saturated rings. The standard InChI is InChI=1S/C12H8N2O3S2/c15-11-10(19-12(18)13-11)7-3-5-8-4-1-2-6-9(8)14(16)17/h1-7H,(H,13,15,18)/b5-3+,10-7+. The first-order valence-corrected chi connectivity index (χ1v) is 6.45. The SMILES string of the molecule is O=C1NC(=S)S/C1=C/C=C/c1ccccc1[N+](=O)[O-]. The third kappa shape index (κ3) is 3.27. The molecule has 7 heteroatoms. The molecule has 0 saturated carbocycles. The molecule has 5 nitrogen and oxygen atoms in total. The van der Waals surface area contributed by atoms with Crippen molar-refractivity contribution in [3.05, 3.63) is 57.0 Å². The molecule has 1 saturated heterocycles. The maximum Gasteiger partial charge on any atom is 0.276 e. The first-order chi connectivity index (χ1) is 9.08. The van der Waals surface area contributed by atoms with Gasteiger partial charge in [-0.25, -0.2) is 0 Å². The topological polar surface area (TPSA) is 72.2 Å². The minimum atomic E-state index is -0.445. The van der Waals surface area contributed by atoms with Crippen molar-refractivity contribution in [2.24, 2.45) is 0 Å². The van der Waals surface area contributed by atoms with Crippen LogP contribution in [0.3, 0.4) is 0 Å². The van der Waals surface area contributed by atoms with Gasteiger partial charge in [0.15, 0.2) is 0 Å².